The van der Waals surface area contributed by atoms with Gasteiger partial charge < -0.3 is 13.9 Å². The molecule has 0 unspecified atom stereocenters. The number of aliphatic imine (C=N–C) groups is 1. The van der Waals surface area contributed by atoms with Crippen LogP contribution in [0.4, 0.5) is 5.69 Å². The third kappa shape index (κ3) is 2.96. The van der Waals surface area contributed by atoms with E-state index >= 15 is 0 Å². The van der Waals surface area contributed by atoms with Gasteiger partial charge in [0.2, 0.25) is 17.7 Å². The summed E-state index contributed by atoms with van der Waals surface area (Å²) in [5.41, 5.74) is 3.68. The van der Waals surface area contributed by atoms with Gasteiger partial charge in [0.25, 0.3) is 0 Å². The third-order valence-corrected chi connectivity index (χ3v) is 3.99. The van der Waals surface area contributed by atoms with E-state index in [2.05, 4.69) is 20.2 Å². The van der Waals surface area contributed by atoms with Gasteiger partial charge in [-0.15, -0.1) is 10.2 Å². The number of hydrogen-bond donors (Lipinski definition) is 0. The molecule has 1 aliphatic rings. The van der Waals surface area contributed by atoms with Crippen LogP contribution in [0.2, 0.25) is 0 Å². The molecule has 0 amide bonds. The van der Waals surface area contributed by atoms with Crippen LogP contribution in [0, 0.1) is 0 Å². The van der Waals surface area contributed by atoms with Gasteiger partial charge in [-0.3, -0.25) is 4.99 Å². The summed E-state index contributed by atoms with van der Waals surface area (Å²) < 4.78 is 16.2. The lowest BCUT2D eigenvalue weighted by molar-refractivity contribution is 0.399. The van der Waals surface area contributed by atoms with Gasteiger partial charge in [-0.1, -0.05) is 0 Å². The van der Waals surface area contributed by atoms with Crippen LogP contribution in [0.3, 0.4) is 0 Å². The van der Waals surface area contributed by atoms with Crippen molar-refractivity contribution in [1.29, 1.82) is 0 Å². The molecule has 3 aromatic rings. The molecule has 0 atom stereocenters. The first kappa shape index (κ1) is 15.3. The van der Waals surface area contributed by atoms with Gasteiger partial charge >= 0.3 is 0 Å². The summed E-state index contributed by atoms with van der Waals surface area (Å²) in [7, 11) is 3.22. The molecule has 0 aliphatic carbocycles. The molecule has 126 valence electrons. The van der Waals surface area contributed by atoms with Crippen LogP contribution in [0.25, 0.3) is 11.5 Å². The molecular weight excluding hydrogens is 320 g/mol. The van der Waals surface area contributed by atoms with Crippen molar-refractivity contribution in [2.45, 2.75) is 12.8 Å². The second-order valence-electron chi connectivity index (χ2n) is 5.59. The first-order valence-electron chi connectivity index (χ1n) is 7.82. The second-order valence-corrected chi connectivity index (χ2v) is 5.59. The highest BCUT2D eigenvalue weighted by Gasteiger charge is 2.21. The average molecular weight is 336 g/mol. The summed E-state index contributed by atoms with van der Waals surface area (Å²) in [5.74, 6) is 2.33. The van der Waals surface area contributed by atoms with Crippen molar-refractivity contribution in [1.82, 2.24) is 15.2 Å². The zero-order chi connectivity index (χ0) is 17.2. The van der Waals surface area contributed by atoms with E-state index in [1.54, 1.807) is 20.4 Å². The van der Waals surface area contributed by atoms with Crippen molar-refractivity contribution in [2.75, 3.05) is 14.2 Å². The second kappa shape index (κ2) is 6.35. The number of nitrogens with zero attached hydrogens (tertiary/aromatic N) is 4. The lowest BCUT2D eigenvalue weighted by atomic mass is 10.1. The molecule has 4 rings (SSSR count). The summed E-state index contributed by atoms with van der Waals surface area (Å²) in [5, 5.41) is 8.25. The quantitative estimate of drug-likeness (QED) is 0.712. The molecule has 25 heavy (non-hydrogen) atoms. The molecule has 0 saturated carbocycles. The predicted octanol–water partition coefficient (Wildman–Crippen LogP) is 3.02. The standard InChI is InChI=1S/C18H16N4O3/c1-23-14-5-3-11(4-6-14)17-22-21-15(25-17)10-13-9-12-7-8-19-18(24-2)16(12)20-13/h3-8H,9-10H2,1-2H3. The Labute approximate surface area is 144 Å². The molecule has 0 N–H and O–H groups in total. The summed E-state index contributed by atoms with van der Waals surface area (Å²) in [6.07, 6.45) is 2.96. The van der Waals surface area contributed by atoms with E-state index in [1.165, 1.54) is 0 Å². The molecule has 0 fully saturated rings. The fraction of sp³-hybridized carbons (Fsp3) is 0.222. The Morgan fingerprint density at radius 2 is 1.88 bits per heavy atom. The molecule has 0 spiro atoms. The van der Waals surface area contributed by atoms with E-state index in [1.807, 2.05) is 30.3 Å². The highest BCUT2D eigenvalue weighted by atomic mass is 16.5. The summed E-state index contributed by atoms with van der Waals surface area (Å²) in [4.78, 5) is 8.78. The minimum atomic E-state index is 0.480. The summed E-state index contributed by atoms with van der Waals surface area (Å²) >= 11 is 0. The van der Waals surface area contributed by atoms with Gasteiger partial charge in [0, 0.05) is 23.9 Å². The number of aromatic nitrogens is 3. The van der Waals surface area contributed by atoms with Gasteiger partial charge in [-0.25, -0.2) is 4.98 Å². The normalized spacial score (nSPS) is 12.6. The number of benzene rings is 1. The fourth-order valence-electron chi connectivity index (χ4n) is 2.75. The number of ether oxygens (including phenoxy) is 2. The highest BCUT2D eigenvalue weighted by molar-refractivity contribution is 5.95. The maximum Gasteiger partial charge on any atom is 0.247 e. The molecule has 1 aromatic carbocycles. The molecule has 0 radical (unpaired) electrons. The minimum Gasteiger partial charge on any atom is -0.497 e. The SMILES string of the molecule is COc1ccc(-c2nnc(CC3=Nc4c(ccnc4OC)C3)o2)cc1. The maximum absolute atomic E-state index is 5.77. The van der Waals surface area contributed by atoms with E-state index in [0.29, 0.717) is 24.1 Å². The number of fused-ring (bicyclic) bond motifs is 1. The monoisotopic (exact) mass is 336 g/mol. The highest BCUT2D eigenvalue weighted by Crippen LogP contribution is 2.34. The molecule has 7 heteroatoms. The minimum absolute atomic E-state index is 0.480. The van der Waals surface area contributed by atoms with E-state index in [9.17, 15) is 0 Å². The zero-order valence-electron chi connectivity index (χ0n) is 13.9. The Kier molecular flexibility index (Phi) is 3.89. The number of pyridine rings is 1. The lowest BCUT2D eigenvalue weighted by Crippen LogP contribution is -2.02. The van der Waals surface area contributed by atoms with Crippen LogP contribution < -0.4 is 9.47 Å². The molecule has 3 heterocycles. The van der Waals surface area contributed by atoms with Gasteiger partial charge in [0.05, 0.1) is 20.6 Å². The van der Waals surface area contributed by atoms with Crippen LogP contribution >= 0.6 is 0 Å². The molecule has 7 nitrogen and oxygen atoms in total. The van der Waals surface area contributed by atoms with Crippen molar-refractivity contribution < 1.29 is 13.9 Å². The summed E-state index contributed by atoms with van der Waals surface area (Å²) in [6, 6.07) is 9.43. The zero-order valence-corrected chi connectivity index (χ0v) is 13.9. The molecule has 0 saturated heterocycles. The van der Waals surface area contributed by atoms with Crippen LogP contribution in [0.15, 0.2) is 45.9 Å². The largest absolute Gasteiger partial charge is 0.497 e. The van der Waals surface area contributed by atoms with Crippen LogP contribution in [0.5, 0.6) is 11.6 Å². The van der Waals surface area contributed by atoms with E-state index in [0.717, 1.165) is 34.7 Å². The number of methoxy groups -OCH3 is 2. The number of rotatable bonds is 5. The van der Waals surface area contributed by atoms with E-state index < -0.39 is 0 Å². The first-order chi connectivity index (χ1) is 12.3. The lowest BCUT2D eigenvalue weighted by Gasteiger charge is -2.01. The third-order valence-electron chi connectivity index (χ3n) is 3.99. The van der Waals surface area contributed by atoms with Crippen molar-refractivity contribution in [3.05, 3.63) is 48.0 Å². The smallest absolute Gasteiger partial charge is 0.247 e. The molecule has 0 bridgehead atoms. The topological polar surface area (TPSA) is 82.6 Å². The maximum atomic E-state index is 5.77. The van der Waals surface area contributed by atoms with Gasteiger partial charge in [-0.2, -0.15) is 0 Å². The van der Waals surface area contributed by atoms with Crippen molar-refractivity contribution in [2.24, 2.45) is 4.99 Å². The van der Waals surface area contributed by atoms with Crippen molar-refractivity contribution >= 4 is 11.4 Å². The Hall–Kier alpha value is -3.22. The van der Waals surface area contributed by atoms with Crippen LogP contribution in [-0.4, -0.2) is 35.1 Å². The Morgan fingerprint density at radius 3 is 2.64 bits per heavy atom. The van der Waals surface area contributed by atoms with Gasteiger partial charge in [-0.05, 0) is 35.9 Å². The number of hydrogen-bond acceptors (Lipinski definition) is 7. The summed E-state index contributed by atoms with van der Waals surface area (Å²) in [6.45, 7) is 0. The first-order valence-corrected chi connectivity index (χ1v) is 7.82. The van der Waals surface area contributed by atoms with Gasteiger partial charge in [0.15, 0.2) is 0 Å². The molecule has 1 aliphatic heterocycles. The predicted molar refractivity (Wildman–Crippen MR) is 91.6 cm³/mol. The Balaban J connectivity index is 1.52. The van der Waals surface area contributed by atoms with Crippen molar-refractivity contribution in [3.8, 4) is 23.1 Å². The van der Waals surface area contributed by atoms with Gasteiger partial charge in [0.1, 0.15) is 11.4 Å². The molecular formula is C18H16N4O3. The van der Waals surface area contributed by atoms with Crippen LogP contribution in [-0.2, 0) is 12.8 Å². The fourth-order valence-corrected chi connectivity index (χ4v) is 2.75. The Bertz CT molecular complexity index is 932. The average Bonchev–Trinajstić information content (AvgIpc) is 3.28. The van der Waals surface area contributed by atoms with Crippen molar-refractivity contribution in [3.63, 3.8) is 0 Å². The van der Waals surface area contributed by atoms with Crippen LogP contribution in [0.1, 0.15) is 11.5 Å². The molecule has 2 aromatic heterocycles. The Morgan fingerprint density at radius 1 is 1.04 bits per heavy atom. The van der Waals surface area contributed by atoms with E-state index in [4.69, 9.17) is 13.9 Å². The van der Waals surface area contributed by atoms with E-state index in [-0.39, 0.29) is 0 Å².